The molecular formula is C13H14F3N3OS. The summed E-state index contributed by atoms with van der Waals surface area (Å²) in [5.74, 6) is 0.854. The van der Waals surface area contributed by atoms with Gasteiger partial charge in [-0.15, -0.1) is 11.3 Å². The number of rotatable bonds is 4. The lowest BCUT2D eigenvalue weighted by atomic mass is 10.2. The van der Waals surface area contributed by atoms with E-state index in [0.717, 1.165) is 29.5 Å². The minimum absolute atomic E-state index is 0.0739. The molecule has 2 aromatic heterocycles. The van der Waals surface area contributed by atoms with Crippen LogP contribution < -0.4 is 5.73 Å². The average molecular weight is 317 g/mol. The molecule has 3 rings (SSSR count). The molecule has 0 fully saturated rings. The monoisotopic (exact) mass is 317 g/mol. The smallest absolute Gasteiger partial charge is 0.383 e. The Bertz CT molecular complexity index is 669. The molecule has 1 aliphatic rings. The molecule has 8 heteroatoms. The Hall–Kier alpha value is -1.41. The topological polar surface area (TPSA) is 61.0 Å². The van der Waals surface area contributed by atoms with Gasteiger partial charge in [0.15, 0.2) is 0 Å². The lowest BCUT2D eigenvalue weighted by Gasteiger charge is -2.07. The van der Waals surface area contributed by atoms with Crippen LogP contribution >= 0.6 is 11.3 Å². The summed E-state index contributed by atoms with van der Waals surface area (Å²) in [6.07, 6.45) is -0.919. The van der Waals surface area contributed by atoms with Crippen molar-refractivity contribution in [1.29, 1.82) is 0 Å². The Labute approximate surface area is 123 Å². The number of fused-ring (bicyclic) bond motifs is 3. The van der Waals surface area contributed by atoms with Gasteiger partial charge in [0, 0.05) is 11.3 Å². The number of hydrogen-bond acceptors (Lipinski definition) is 5. The number of nitrogens with zero attached hydrogens (tertiary/aromatic N) is 2. The van der Waals surface area contributed by atoms with Crippen LogP contribution in [0.15, 0.2) is 0 Å². The van der Waals surface area contributed by atoms with Gasteiger partial charge < -0.3 is 10.5 Å². The molecule has 1 aliphatic carbocycles. The number of alkyl halides is 3. The zero-order valence-corrected chi connectivity index (χ0v) is 12.0. The van der Waals surface area contributed by atoms with Crippen LogP contribution in [0.25, 0.3) is 10.2 Å². The summed E-state index contributed by atoms with van der Waals surface area (Å²) in [6.45, 7) is -1.33. The summed E-state index contributed by atoms with van der Waals surface area (Å²) < 4.78 is 40.5. The second-order valence-corrected chi connectivity index (χ2v) is 6.06. The van der Waals surface area contributed by atoms with Crippen molar-refractivity contribution in [1.82, 2.24) is 9.97 Å². The van der Waals surface area contributed by atoms with E-state index in [0.29, 0.717) is 11.6 Å². The summed E-state index contributed by atoms with van der Waals surface area (Å²) in [6, 6.07) is 0. The molecule has 114 valence electrons. The second-order valence-electron chi connectivity index (χ2n) is 4.98. The van der Waals surface area contributed by atoms with Crippen LogP contribution in [-0.2, 0) is 24.0 Å². The van der Waals surface area contributed by atoms with Gasteiger partial charge >= 0.3 is 6.18 Å². The van der Waals surface area contributed by atoms with Crippen LogP contribution in [0.4, 0.5) is 19.0 Å². The first kappa shape index (κ1) is 14.5. The highest BCUT2D eigenvalue weighted by molar-refractivity contribution is 7.19. The predicted octanol–water partition coefficient (Wildman–Crippen LogP) is 2.88. The van der Waals surface area contributed by atoms with E-state index in [1.807, 2.05) is 0 Å². The number of nitrogens with two attached hydrogens (primary N) is 1. The predicted molar refractivity (Wildman–Crippen MR) is 74.4 cm³/mol. The zero-order chi connectivity index (χ0) is 15.0. The van der Waals surface area contributed by atoms with E-state index in [2.05, 4.69) is 14.7 Å². The molecule has 0 amide bonds. The van der Waals surface area contributed by atoms with Gasteiger partial charge in [-0.25, -0.2) is 9.97 Å². The maximum Gasteiger partial charge on any atom is 0.411 e. The minimum atomic E-state index is -4.31. The Balaban J connectivity index is 1.73. The summed E-state index contributed by atoms with van der Waals surface area (Å²) >= 11 is 1.61. The number of thiophene rings is 1. The Morgan fingerprint density at radius 2 is 2.05 bits per heavy atom. The first-order chi connectivity index (χ1) is 9.94. The van der Waals surface area contributed by atoms with Gasteiger partial charge in [0.05, 0.1) is 12.0 Å². The summed E-state index contributed by atoms with van der Waals surface area (Å²) in [5, 5.41) is 0.924. The number of aromatic nitrogens is 2. The molecule has 0 radical (unpaired) electrons. The zero-order valence-electron chi connectivity index (χ0n) is 11.2. The van der Waals surface area contributed by atoms with E-state index in [9.17, 15) is 13.2 Å². The molecule has 0 saturated carbocycles. The van der Waals surface area contributed by atoms with E-state index in [1.54, 1.807) is 11.3 Å². The number of hydrogen-bond donors (Lipinski definition) is 1. The fourth-order valence-electron chi connectivity index (χ4n) is 2.53. The SMILES string of the molecule is Nc1nc(CCOCC(F)(F)F)nc2sc3c(c12)CCC3. The highest BCUT2D eigenvalue weighted by Crippen LogP contribution is 2.38. The number of halogens is 3. The van der Waals surface area contributed by atoms with Crippen molar-refractivity contribution in [2.45, 2.75) is 31.9 Å². The molecule has 0 atom stereocenters. The molecule has 4 nitrogen and oxygen atoms in total. The number of anilines is 1. The molecule has 2 N–H and O–H groups in total. The van der Waals surface area contributed by atoms with E-state index in [4.69, 9.17) is 5.73 Å². The largest absolute Gasteiger partial charge is 0.411 e. The first-order valence-corrected chi connectivity index (χ1v) is 7.47. The third-order valence-corrected chi connectivity index (χ3v) is 4.56. The maximum atomic E-state index is 12.0. The van der Waals surface area contributed by atoms with Crippen LogP contribution in [0.3, 0.4) is 0 Å². The molecular weight excluding hydrogens is 303 g/mol. The van der Waals surface area contributed by atoms with E-state index >= 15 is 0 Å². The normalized spacial score (nSPS) is 14.8. The molecule has 0 bridgehead atoms. The standard InChI is InChI=1S/C13H14F3N3OS/c14-13(15,16)6-20-5-4-9-18-11(17)10-7-2-1-3-8(7)21-12(10)19-9/h1-6H2,(H2,17,18,19). The van der Waals surface area contributed by atoms with Crippen LogP contribution in [0.5, 0.6) is 0 Å². The van der Waals surface area contributed by atoms with E-state index in [-0.39, 0.29) is 13.0 Å². The number of aryl methyl sites for hydroxylation is 2. The van der Waals surface area contributed by atoms with Gasteiger partial charge in [0.1, 0.15) is 23.1 Å². The third-order valence-electron chi connectivity index (χ3n) is 3.37. The molecule has 21 heavy (non-hydrogen) atoms. The molecule has 2 heterocycles. The Kier molecular flexibility index (Phi) is 3.75. The van der Waals surface area contributed by atoms with Crippen LogP contribution in [0.2, 0.25) is 0 Å². The van der Waals surface area contributed by atoms with Crippen LogP contribution in [-0.4, -0.2) is 29.4 Å². The fourth-order valence-corrected chi connectivity index (χ4v) is 3.82. The summed E-state index contributed by atoms with van der Waals surface area (Å²) in [5.41, 5.74) is 7.23. The van der Waals surface area contributed by atoms with Gasteiger partial charge in [0.2, 0.25) is 0 Å². The second kappa shape index (κ2) is 5.42. The molecule has 0 unspecified atom stereocenters. The van der Waals surface area contributed by atoms with E-state index in [1.165, 1.54) is 10.4 Å². The highest BCUT2D eigenvalue weighted by Gasteiger charge is 2.27. The molecule has 0 aliphatic heterocycles. The fraction of sp³-hybridized carbons (Fsp3) is 0.538. The number of nitrogen functional groups attached to an aromatic ring is 1. The molecule has 0 saturated heterocycles. The van der Waals surface area contributed by atoms with Gasteiger partial charge in [-0.2, -0.15) is 13.2 Å². The van der Waals surface area contributed by atoms with Crippen molar-refractivity contribution in [3.05, 3.63) is 16.3 Å². The number of ether oxygens (including phenoxy) is 1. The van der Waals surface area contributed by atoms with Gasteiger partial charge in [-0.1, -0.05) is 0 Å². The van der Waals surface area contributed by atoms with Crippen molar-refractivity contribution in [3.63, 3.8) is 0 Å². The van der Waals surface area contributed by atoms with Crippen molar-refractivity contribution >= 4 is 27.4 Å². The van der Waals surface area contributed by atoms with Crippen molar-refractivity contribution in [2.75, 3.05) is 18.9 Å². The summed E-state index contributed by atoms with van der Waals surface area (Å²) in [7, 11) is 0. The van der Waals surface area contributed by atoms with Gasteiger partial charge in [-0.3, -0.25) is 0 Å². The van der Waals surface area contributed by atoms with Crippen molar-refractivity contribution in [2.24, 2.45) is 0 Å². The molecule has 2 aromatic rings. The third kappa shape index (κ3) is 3.11. The molecule has 0 aromatic carbocycles. The lowest BCUT2D eigenvalue weighted by Crippen LogP contribution is -2.18. The Morgan fingerprint density at radius 3 is 2.81 bits per heavy atom. The maximum absolute atomic E-state index is 12.0. The van der Waals surface area contributed by atoms with Gasteiger partial charge in [0.25, 0.3) is 0 Å². The van der Waals surface area contributed by atoms with Gasteiger partial charge in [-0.05, 0) is 24.8 Å². The lowest BCUT2D eigenvalue weighted by molar-refractivity contribution is -0.173. The van der Waals surface area contributed by atoms with Crippen molar-refractivity contribution in [3.8, 4) is 0 Å². The van der Waals surface area contributed by atoms with Crippen molar-refractivity contribution < 1.29 is 17.9 Å². The summed E-state index contributed by atoms with van der Waals surface area (Å²) in [4.78, 5) is 10.7. The van der Waals surface area contributed by atoms with E-state index < -0.39 is 12.8 Å². The first-order valence-electron chi connectivity index (χ1n) is 6.65. The minimum Gasteiger partial charge on any atom is -0.383 e. The molecule has 0 spiro atoms. The average Bonchev–Trinajstić information content (AvgIpc) is 2.93. The highest BCUT2D eigenvalue weighted by atomic mass is 32.1. The van der Waals surface area contributed by atoms with Crippen LogP contribution in [0, 0.1) is 0 Å². The Morgan fingerprint density at radius 1 is 1.24 bits per heavy atom. The van der Waals surface area contributed by atoms with Crippen LogP contribution in [0.1, 0.15) is 22.7 Å². The quantitative estimate of drug-likeness (QED) is 0.881.